The molecule has 7 heteroatoms. The highest BCUT2D eigenvalue weighted by Gasteiger charge is 2.40. The number of aliphatic imine (C=N–C) groups is 1. The van der Waals surface area contributed by atoms with Crippen LogP contribution in [0.1, 0.15) is 44.1 Å². The minimum absolute atomic E-state index is 0. The predicted octanol–water partition coefficient (Wildman–Crippen LogP) is 2.96. The number of nitrogens with one attached hydrogen (secondary N) is 2. The van der Waals surface area contributed by atoms with E-state index in [1.165, 1.54) is 18.4 Å². The molecule has 2 fully saturated rings. The Labute approximate surface area is 191 Å². The van der Waals surface area contributed by atoms with Crippen LogP contribution in [0.2, 0.25) is 0 Å². The minimum atomic E-state index is 0. The number of benzene rings is 1. The first-order chi connectivity index (χ1) is 13.6. The second-order valence-electron chi connectivity index (χ2n) is 8.19. The Hall–Kier alpha value is -1.35. The van der Waals surface area contributed by atoms with Gasteiger partial charge in [-0.15, -0.1) is 24.0 Å². The Morgan fingerprint density at radius 2 is 1.97 bits per heavy atom. The Morgan fingerprint density at radius 3 is 2.66 bits per heavy atom. The number of rotatable bonds is 6. The molecule has 0 aromatic heterocycles. The number of ether oxygens (including phenoxy) is 1. The summed E-state index contributed by atoms with van der Waals surface area (Å²) < 4.78 is 6.15. The van der Waals surface area contributed by atoms with Crippen molar-refractivity contribution in [3.05, 3.63) is 35.9 Å². The number of amides is 1. The van der Waals surface area contributed by atoms with Crippen LogP contribution in [-0.4, -0.2) is 62.2 Å². The van der Waals surface area contributed by atoms with Gasteiger partial charge in [0.25, 0.3) is 0 Å². The quantitative estimate of drug-likeness (QED) is 0.348. The van der Waals surface area contributed by atoms with E-state index in [1.54, 1.807) is 19.0 Å². The van der Waals surface area contributed by atoms with E-state index in [4.69, 9.17) is 4.74 Å². The van der Waals surface area contributed by atoms with Gasteiger partial charge >= 0.3 is 0 Å². The van der Waals surface area contributed by atoms with E-state index in [0.717, 1.165) is 51.2 Å². The molecule has 1 aromatic rings. The van der Waals surface area contributed by atoms with Crippen LogP contribution in [0.4, 0.5) is 0 Å². The van der Waals surface area contributed by atoms with Crippen molar-refractivity contribution in [2.45, 2.75) is 56.6 Å². The number of likely N-dealkylation sites (N-methyl/N-ethyl adjacent to an activating group) is 1. The maximum Gasteiger partial charge on any atom is 0.243 e. The average Bonchev–Trinajstić information content (AvgIpc) is 3.13. The molecule has 1 saturated heterocycles. The molecule has 1 unspecified atom stereocenters. The molecule has 3 rings (SSSR count). The Balaban J connectivity index is 0.00000300. The number of hydrogen-bond donors (Lipinski definition) is 2. The second-order valence-corrected chi connectivity index (χ2v) is 8.19. The summed E-state index contributed by atoms with van der Waals surface area (Å²) in [7, 11) is 3.52. The van der Waals surface area contributed by atoms with Crippen LogP contribution in [-0.2, 0) is 16.0 Å². The standard InChI is InChI=1S/C22H34N4O2.HI/c1-26(2)20(27)17-24-21(23-14-10-18-8-4-3-5-9-18)25-19-11-15-28-22(16-19)12-6-7-13-22;/h3-5,8-9,19H,6-7,10-17H2,1-2H3,(H2,23,24,25);1H. The third kappa shape index (κ3) is 7.44. The fourth-order valence-electron chi connectivity index (χ4n) is 4.12. The van der Waals surface area contributed by atoms with Gasteiger partial charge in [-0.2, -0.15) is 0 Å². The van der Waals surface area contributed by atoms with Crippen LogP contribution in [0.3, 0.4) is 0 Å². The highest BCUT2D eigenvalue weighted by atomic mass is 127. The van der Waals surface area contributed by atoms with E-state index in [2.05, 4.69) is 39.9 Å². The van der Waals surface area contributed by atoms with Crippen molar-refractivity contribution >= 4 is 35.8 Å². The third-order valence-electron chi connectivity index (χ3n) is 5.77. The molecule has 1 saturated carbocycles. The average molecular weight is 514 g/mol. The molecule has 1 spiro atoms. The minimum Gasteiger partial charge on any atom is -0.375 e. The van der Waals surface area contributed by atoms with Crippen LogP contribution in [0.25, 0.3) is 0 Å². The number of carbonyl (C=O) groups is 1. The number of hydrogen-bond acceptors (Lipinski definition) is 3. The summed E-state index contributed by atoms with van der Waals surface area (Å²) in [5.41, 5.74) is 1.35. The number of guanidine groups is 1. The van der Waals surface area contributed by atoms with Crippen molar-refractivity contribution in [2.24, 2.45) is 4.99 Å². The lowest BCUT2D eigenvalue weighted by molar-refractivity contribution is -0.127. The van der Waals surface area contributed by atoms with Crippen LogP contribution in [0.15, 0.2) is 35.3 Å². The summed E-state index contributed by atoms with van der Waals surface area (Å²) in [6, 6.07) is 10.7. The summed E-state index contributed by atoms with van der Waals surface area (Å²) in [5.74, 6) is 0.731. The van der Waals surface area contributed by atoms with Gasteiger partial charge in [0.15, 0.2) is 5.96 Å². The predicted molar refractivity (Wildman–Crippen MR) is 128 cm³/mol. The molecule has 1 amide bonds. The first kappa shape index (κ1) is 23.9. The molecule has 0 bridgehead atoms. The van der Waals surface area contributed by atoms with E-state index in [0.29, 0.717) is 6.04 Å². The van der Waals surface area contributed by atoms with Gasteiger partial charge in [0.1, 0.15) is 6.54 Å². The van der Waals surface area contributed by atoms with Crippen molar-refractivity contribution in [3.63, 3.8) is 0 Å². The number of halogens is 1. The lowest BCUT2D eigenvalue weighted by Gasteiger charge is -2.39. The van der Waals surface area contributed by atoms with Crippen molar-refractivity contribution in [3.8, 4) is 0 Å². The summed E-state index contributed by atoms with van der Waals surface area (Å²) in [6.07, 6.45) is 7.77. The lowest BCUT2D eigenvalue weighted by Crippen LogP contribution is -2.51. The van der Waals surface area contributed by atoms with Crippen LogP contribution in [0, 0.1) is 0 Å². The number of nitrogens with zero attached hydrogens (tertiary/aromatic N) is 2. The zero-order chi connectivity index (χ0) is 19.8. The summed E-state index contributed by atoms with van der Waals surface area (Å²) in [6.45, 7) is 1.73. The highest BCUT2D eigenvalue weighted by molar-refractivity contribution is 14.0. The lowest BCUT2D eigenvalue weighted by atomic mass is 9.89. The van der Waals surface area contributed by atoms with Gasteiger partial charge in [-0.1, -0.05) is 43.2 Å². The Morgan fingerprint density at radius 1 is 1.24 bits per heavy atom. The van der Waals surface area contributed by atoms with Crippen molar-refractivity contribution in [1.82, 2.24) is 15.5 Å². The maximum absolute atomic E-state index is 12.0. The van der Waals surface area contributed by atoms with Crippen LogP contribution in [0.5, 0.6) is 0 Å². The fourth-order valence-corrected chi connectivity index (χ4v) is 4.12. The molecule has 0 radical (unpaired) electrons. The number of carbonyl (C=O) groups excluding carboxylic acids is 1. The van der Waals surface area contributed by atoms with Crippen LogP contribution >= 0.6 is 24.0 Å². The van der Waals surface area contributed by atoms with Gasteiger partial charge in [-0.05, 0) is 37.7 Å². The van der Waals surface area contributed by atoms with Crippen LogP contribution < -0.4 is 10.6 Å². The summed E-state index contributed by atoms with van der Waals surface area (Å²) in [4.78, 5) is 18.1. The molecule has 162 valence electrons. The van der Waals surface area contributed by atoms with Gasteiger partial charge in [-0.3, -0.25) is 4.79 Å². The van der Waals surface area contributed by atoms with Crippen molar-refractivity contribution in [2.75, 3.05) is 33.8 Å². The van der Waals surface area contributed by atoms with Crippen molar-refractivity contribution in [1.29, 1.82) is 0 Å². The zero-order valence-corrected chi connectivity index (χ0v) is 20.0. The topological polar surface area (TPSA) is 66.0 Å². The molecule has 1 aromatic carbocycles. The van der Waals surface area contributed by atoms with Crippen molar-refractivity contribution < 1.29 is 9.53 Å². The maximum atomic E-state index is 12.0. The molecule has 2 N–H and O–H groups in total. The monoisotopic (exact) mass is 514 g/mol. The van der Waals surface area contributed by atoms with E-state index in [9.17, 15) is 4.79 Å². The summed E-state index contributed by atoms with van der Waals surface area (Å²) >= 11 is 0. The molecule has 1 heterocycles. The largest absolute Gasteiger partial charge is 0.375 e. The molecule has 1 atom stereocenters. The van der Waals surface area contributed by atoms with Gasteiger partial charge in [0, 0.05) is 33.3 Å². The first-order valence-electron chi connectivity index (χ1n) is 10.5. The molecular formula is C22H35IN4O2. The Kier molecular flexibility index (Phi) is 9.68. The smallest absolute Gasteiger partial charge is 0.243 e. The second kappa shape index (κ2) is 11.7. The molecule has 1 aliphatic carbocycles. The highest BCUT2D eigenvalue weighted by Crippen LogP contribution is 2.39. The molecule has 6 nitrogen and oxygen atoms in total. The normalized spacial score (nSPS) is 20.8. The first-order valence-corrected chi connectivity index (χ1v) is 10.5. The molecule has 29 heavy (non-hydrogen) atoms. The fraction of sp³-hybridized carbons (Fsp3) is 0.636. The van der Waals surface area contributed by atoms with E-state index < -0.39 is 0 Å². The van der Waals surface area contributed by atoms with Gasteiger partial charge in [-0.25, -0.2) is 4.99 Å². The van der Waals surface area contributed by atoms with Gasteiger partial charge < -0.3 is 20.3 Å². The van der Waals surface area contributed by atoms with E-state index in [-0.39, 0.29) is 42.0 Å². The van der Waals surface area contributed by atoms with Gasteiger partial charge in [0.2, 0.25) is 5.91 Å². The third-order valence-corrected chi connectivity index (χ3v) is 5.77. The zero-order valence-electron chi connectivity index (χ0n) is 17.7. The SMILES string of the molecule is CN(C)C(=O)CN=C(NCCc1ccccc1)NC1CCOC2(CCCC2)C1.I. The van der Waals surface area contributed by atoms with Gasteiger partial charge in [0.05, 0.1) is 5.60 Å². The molecular weight excluding hydrogens is 479 g/mol. The molecule has 2 aliphatic rings. The van der Waals surface area contributed by atoms with E-state index >= 15 is 0 Å². The van der Waals surface area contributed by atoms with E-state index in [1.807, 2.05) is 6.07 Å². The Bertz CT molecular complexity index is 660. The molecule has 1 aliphatic heterocycles. The summed E-state index contributed by atoms with van der Waals surface area (Å²) in [5, 5.41) is 6.99.